The van der Waals surface area contributed by atoms with Gasteiger partial charge < -0.3 is 9.80 Å². The summed E-state index contributed by atoms with van der Waals surface area (Å²) in [6.45, 7) is 8.92. The Hall–Kier alpha value is -6.90. The molecule has 2 nitrogen and oxygen atoms in total. The van der Waals surface area contributed by atoms with Gasteiger partial charge in [-0.1, -0.05) is 166 Å². The monoisotopic (exact) mass is 736 g/mol. The molecule has 8 aromatic rings. The summed E-state index contributed by atoms with van der Waals surface area (Å²) in [6, 6.07) is 74.1. The minimum Gasteiger partial charge on any atom is -0.311 e. The molecular weight excluding hydrogens is 689 g/mol. The van der Waals surface area contributed by atoms with Gasteiger partial charge in [0.1, 0.15) is 0 Å². The molecule has 0 radical (unpaired) electrons. The van der Waals surface area contributed by atoms with Crippen molar-refractivity contribution < 1.29 is 0 Å². The second-order valence-electron chi connectivity index (χ2n) is 15.6. The molecule has 0 atom stereocenters. The van der Waals surface area contributed by atoms with Crippen LogP contribution < -0.4 is 9.80 Å². The average Bonchev–Trinajstić information content (AvgIpc) is 3.25. The van der Waals surface area contributed by atoms with Gasteiger partial charge in [0, 0.05) is 34.1 Å². The molecule has 0 fully saturated rings. The molecular formula is C55H48N2. The molecule has 0 aliphatic carbocycles. The summed E-state index contributed by atoms with van der Waals surface area (Å²) in [5.41, 5.74) is 16.6. The quantitative estimate of drug-likeness (QED) is 0.129. The van der Waals surface area contributed by atoms with Crippen LogP contribution in [-0.4, -0.2) is 0 Å². The van der Waals surface area contributed by atoms with Crippen LogP contribution in [-0.2, 0) is 5.41 Å². The highest BCUT2D eigenvalue weighted by Gasteiger charge is 2.17. The molecule has 8 rings (SSSR count). The Morgan fingerprint density at radius 3 is 1.05 bits per heavy atom. The Balaban J connectivity index is 0.945. The van der Waals surface area contributed by atoms with E-state index in [1.165, 1.54) is 44.5 Å². The van der Waals surface area contributed by atoms with Crippen molar-refractivity contribution in [3.8, 4) is 22.3 Å². The van der Waals surface area contributed by atoms with Gasteiger partial charge in [0.25, 0.3) is 0 Å². The Morgan fingerprint density at radius 2 is 0.667 bits per heavy atom. The summed E-state index contributed by atoms with van der Waals surface area (Å²) in [7, 11) is 0. The highest BCUT2D eigenvalue weighted by atomic mass is 15.1. The van der Waals surface area contributed by atoms with Crippen molar-refractivity contribution in [1.82, 2.24) is 0 Å². The van der Waals surface area contributed by atoms with Gasteiger partial charge >= 0.3 is 0 Å². The lowest BCUT2D eigenvalue weighted by Gasteiger charge is -2.27. The molecule has 8 aromatic carbocycles. The van der Waals surface area contributed by atoms with Crippen LogP contribution >= 0.6 is 0 Å². The van der Waals surface area contributed by atoms with E-state index in [0.717, 1.165) is 34.1 Å². The molecule has 57 heavy (non-hydrogen) atoms. The highest BCUT2D eigenvalue weighted by Crippen LogP contribution is 2.38. The zero-order valence-electron chi connectivity index (χ0n) is 33.2. The summed E-state index contributed by atoms with van der Waals surface area (Å²) in [6.07, 6.45) is 4.37. The van der Waals surface area contributed by atoms with Crippen LogP contribution in [0.1, 0.15) is 43.0 Å². The fraction of sp³-hybridized carbons (Fsp3) is 0.0909. The number of hydrogen-bond acceptors (Lipinski definition) is 2. The van der Waals surface area contributed by atoms with Crippen molar-refractivity contribution in [2.45, 2.75) is 33.1 Å². The molecule has 0 heterocycles. The first-order chi connectivity index (χ1) is 27.8. The first kappa shape index (κ1) is 37.0. The maximum absolute atomic E-state index is 2.34. The van der Waals surface area contributed by atoms with Gasteiger partial charge in [-0.15, -0.1) is 0 Å². The van der Waals surface area contributed by atoms with E-state index >= 15 is 0 Å². The topological polar surface area (TPSA) is 6.48 Å². The van der Waals surface area contributed by atoms with Crippen LogP contribution in [0.15, 0.2) is 206 Å². The number of hydrogen-bond donors (Lipinski definition) is 0. The van der Waals surface area contributed by atoms with E-state index in [1.54, 1.807) is 0 Å². The molecule has 0 aliphatic heterocycles. The number of para-hydroxylation sites is 2. The van der Waals surface area contributed by atoms with Crippen LogP contribution in [0.25, 0.3) is 34.4 Å². The van der Waals surface area contributed by atoms with Crippen LogP contribution in [0.4, 0.5) is 34.1 Å². The number of benzene rings is 8. The maximum atomic E-state index is 2.34. The Morgan fingerprint density at radius 1 is 0.333 bits per heavy atom. The van der Waals surface area contributed by atoms with Gasteiger partial charge in [-0.2, -0.15) is 0 Å². The molecule has 0 aromatic heterocycles. The Labute approximate surface area is 338 Å². The molecule has 0 unspecified atom stereocenters. The second-order valence-corrected chi connectivity index (χ2v) is 15.6. The predicted molar refractivity (Wildman–Crippen MR) is 245 cm³/mol. The van der Waals surface area contributed by atoms with Gasteiger partial charge in [-0.05, 0) is 130 Å². The SMILES string of the molecule is Cc1cccc(N(c2ccc(-c3ccc(C=Cc4ccc(-c5ccc(N(c6ccccc6)c6ccccc6)cc5)cc4)cc3)cc2)c2ccc(C(C)(C)C)cc2)c1. The van der Waals surface area contributed by atoms with Gasteiger partial charge in [0.05, 0.1) is 0 Å². The summed E-state index contributed by atoms with van der Waals surface area (Å²) in [5, 5.41) is 0. The highest BCUT2D eigenvalue weighted by molar-refractivity contribution is 5.81. The van der Waals surface area contributed by atoms with Gasteiger partial charge in [-0.25, -0.2) is 0 Å². The van der Waals surface area contributed by atoms with Crippen molar-refractivity contribution in [3.05, 3.63) is 229 Å². The van der Waals surface area contributed by atoms with Gasteiger partial charge in [0.15, 0.2) is 0 Å². The third-order valence-electron chi connectivity index (χ3n) is 10.5. The Bertz CT molecular complexity index is 2510. The largest absolute Gasteiger partial charge is 0.311 e. The molecule has 0 amide bonds. The lowest BCUT2D eigenvalue weighted by Crippen LogP contribution is -2.13. The van der Waals surface area contributed by atoms with Crippen LogP contribution in [0.2, 0.25) is 0 Å². The minimum absolute atomic E-state index is 0.107. The number of rotatable bonds is 10. The number of anilines is 6. The second kappa shape index (κ2) is 16.5. The third kappa shape index (κ3) is 8.67. The third-order valence-corrected chi connectivity index (χ3v) is 10.5. The Kier molecular flexibility index (Phi) is 10.7. The molecule has 0 spiro atoms. The molecule has 0 aliphatic rings. The first-order valence-corrected chi connectivity index (χ1v) is 19.8. The zero-order valence-corrected chi connectivity index (χ0v) is 33.2. The van der Waals surface area contributed by atoms with Crippen molar-refractivity contribution in [2.75, 3.05) is 9.80 Å². The van der Waals surface area contributed by atoms with E-state index in [-0.39, 0.29) is 5.41 Å². The zero-order chi connectivity index (χ0) is 39.2. The molecule has 0 saturated heterocycles. The van der Waals surface area contributed by atoms with E-state index in [1.807, 2.05) is 0 Å². The van der Waals surface area contributed by atoms with Gasteiger partial charge in [-0.3, -0.25) is 0 Å². The molecule has 0 bridgehead atoms. The smallest absolute Gasteiger partial charge is 0.0464 e. The van der Waals surface area contributed by atoms with Crippen LogP contribution in [0.3, 0.4) is 0 Å². The molecule has 2 heteroatoms. The standard InChI is InChI=1S/C55H48N2/c1-41-12-11-17-54(40-41)57(53-38-32-48(33-39-53)55(2,3)4)52-36-30-47(31-37-52)45-26-22-43(23-27-45)19-18-42-20-24-44(25-21-42)46-28-34-51(35-29-46)56(49-13-7-5-8-14-49)50-15-9-6-10-16-50/h5-40H,1-4H3. The van der Waals surface area contributed by atoms with E-state index in [2.05, 4.69) is 256 Å². The molecule has 278 valence electrons. The summed E-state index contributed by atoms with van der Waals surface area (Å²) in [4.78, 5) is 4.63. The fourth-order valence-corrected chi connectivity index (χ4v) is 7.30. The predicted octanol–water partition coefficient (Wildman–Crippen LogP) is 15.7. The van der Waals surface area contributed by atoms with Crippen LogP contribution in [0, 0.1) is 6.92 Å². The van der Waals surface area contributed by atoms with E-state index < -0.39 is 0 Å². The summed E-state index contributed by atoms with van der Waals surface area (Å²) in [5.74, 6) is 0. The average molecular weight is 737 g/mol. The van der Waals surface area contributed by atoms with Crippen molar-refractivity contribution in [2.24, 2.45) is 0 Å². The molecule has 0 N–H and O–H groups in total. The first-order valence-electron chi connectivity index (χ1n) is 19.8. The lowest BCUT2D eigenvalue weighted by atomic mass is 9.87. The van der Waals surface area contributed by atoms with E-state index in [9.17, 15) is 0 Å². The van der Waals surface area contributed by atoms with Crippen LogP contribution in [0.5, 0.6) is 0 Å². The van der Waals surface area contributed by atoms with Crippen molar-refractivity contribution in [1.29, 1.82) is 0 Å². The summed E-state index contributed by atoms with van der Waals surface area (Å²) >= 11 is 0. The lowest BCUT2D eigenvalue weighted by molar-refractivity contribution is 0.590. The number of aryl methyl sites for hydroxylation is 1. The fourth-order valence-electron chi connectivity index (χ4n) is 7.30. The molecule has 0 saturated carbocycles. The van der Waals surface area contributed by atoms with Crippen molar-refractivity contribution in [3.63, 3.8) is 0 Å². The van der Waals surface area contributed by atoms with Crippen molar-refractivity contribution >= 4 is 46.3 Å². The van der Waals surface area contributed by atoms with Gasteiger partial charge in [0.2, 0.25) is 0 Å². The minimum atomic E-state index is 0.107. The van der Waals surface area contributed by atoms with E-state index in [4.69, 9.17) is 0 Å². The van der Waals surface area contributed by atoms with E-state index in [0.29, 0.717) is 0 Å². The maximum Gasteiger partial charge on any atom is 0.0464 e. The summed E-state index contributed by atoms with van der Waals surface area (Å²) < 4.78 is 0. The normalized spacial score (nSPS) is 11.4. The number of nitrogens with zero attached hydrogens (tertiary/aromatic N) is 2.